The maximum Gasteiger partial charge on any atom is 0.325 e. The molecule has 2 aromatic rings. The zero-order valence-electron chi connectivity index (χ0n) is 19.5. The summed E-state index contributed by atoms with van der Waals surface area (Å²) in [4.78, 5) is 26.7. The number of nitrogens with one attached hydrogen (secondary N) is 1. The summed E-state index contributed by atoms with van der Waals surface area (Å²) in [5, 5.41) is 13.3. The lowest BCUT2D eigenvalue weighted by molar-refractivity contribution is -0.132. The average Bonchev–Trinajstić information content (AvgIpc) is 3.02. The molecule has 0 unspecified atom stereocenters. The third-order valence-electron chi connectivity index (χ3n) is 5.78. The minimum atomic E-state index is -1.17. The van der Waals surface area contributed by atoms with E-state index in [0.29, 0.717) is 23.5 Å². The lowest BCUT2D eigenvalue weighted by Crippen LogP contribution is -2.42. The maximum absolute atomic E-state index is 13.1. The number of aliphatic hydroxyl groups is 1. The van der Waals surface area contributed by atoms with Crippen molar-refractivity contribution in [3.8, 4) is 11.5 Å². The molecule has 3 amide bonds. The van der Waals surface area contributed by atoms with Crippen molar-refractivity contribution in [2.24, 2.45) is 0 Å². The van der Waals surface area contributed by atoms with Crippen LogP contribution in [0.15, 0.2) is 55.1 Å². The summed E-state index contributed by atoms with van der Waals surface area (Å²) in [5.41, 5.74) is 1.74. The summed E-state index contributed by atoms with van der Waals surface area (Å²) < 4.78 is 11.1. The summed E-state index contributed by atoms with van der Waals surface area (Å²) in [7, 11) is 1.54. The molecular weight excluding hydrogens is 420 g/mol. The van der Waals surface area contributed by atoms with E-state index in [4.69, 9.17) is 9.47 Å². The molecule has 1 fully saturated rings. The predicted octanol–water partition coefficient (Wildman–Crippen LogP) is 3.58. The molecule has 2 aromatic carbocycles. The van der Waals surface area contributed by atoms with Crippen molar-refractivity contribution in [1.82, 2.24) is 10.2 Å². The number of rotatable bonds is 11. The molecule has 1 saturated heterocycles. The van der Waals surface area contributed by atoms with Gasteiger partial charge in [-0.15, -0.1) is 6.58 Å². The summed E-state index contributed by atoms with van der Waals surface area (Å²) in [6.07, 6.45) is 3.42. The van der Waals surface area contributed by atoms with Crippen LogP contribution < -0.4 is 14.8 Å². The number of carbonyl (C=O) groups is 2. The van der Waals surface area contributed by atoms with Gasteiger partial charge < -0.3 is 19.9 Å². The number of methoxy groups -OCH3 is 1. The molecule has 1 heterocycles. The van der Waals surface area contributed by atoms with Crippen molar-refractivity contribution in [2.45, 2.75) is 44.8 Å². The fraction of sp³-hybridized carbons (Fsp3) is 0.385. The zero-order chi connectivity index (χ0) is 24.0. The zero-order valence-corrected chi connectivity index (χ0v) is 19.5. The average molecular weight is 453 g/mol. The van der Waals surface area contributed by atoms with Gasteiger partial charge in [-0.2, -0.15) is 0 Å². The highest BCUT2D eigenvalue weighted by Gasteiger charge is 2.49. The first-order valence-corrected chi connectivity index (χ1v) is 11.1. The molecule has 0 spiro atoms. The Kier molecular flexibility index (Phi) is 7.76. The second-order valence-corrected chi connectivity index (χ2v) is 8.36. The third-order valence-corrected chi connectivity index (χ3v) is 5.78. The first kappa shape index (κ1) is 24.3. The Labute approximate surface area is 195 Å². The van der Waals surface area contributed by atoms with Gasteiger partial charge in [0.15, 0.2) is 11.5 Å². The van der Waals surface area contributed by atoms with Gasteiger partial charge >= 0.3 is 6.03 Å². The second-order valence-electron chi connectivity index (χ2n) is 8.36. The summed E-state index contributed by atoms with van der Waals surface area (Å²) >= 11 is 0. The van der Waals surface area contributed by atoms with Crippen LogP contribution >= 0.6 is 0 Å². The minimum absolute atomic E-state index is 0.101. The number of hydrogen-bond donors (Lipinski definition) is 2. The molecule has 0 radical (unpaired) electrons. The number of aliphatic hydroxyl groups excluding tert-OH is 1. The van der Waals surface area contributed by atoms with E-state index in [1.54, 1.807) is 26.2 Å². The molecular formula is C26H32N2O5. The number of carbonyl (C=O) groups excluding carboxylic acids is 2. The molecule has 2 atom stereocenters. The number of urea groups is 1. The monoisotopic (exact) mass is 452 g/mol. The van der Waals surface area contributed by atoms with E-state index in [1.165, 1.54) is 5.56 Å². The van der Waals surface area contributed by atoms with Crippen molar-refractivity contribution < 1.29 is 24.2 Å². The van der Waals surface area contributed by atoms with Crippen molar-refractivity contribution in [3.63, 3.8) is 0 Å². The first-order chi connectivity index (χ1) is 15.8. The van der Waals surface area contributed by atoms with E-state index in [2.05, 4.69) is 18.8 Å². The maximum atomic E-state index is 13.1. The SMILES string of the molecule is C=CCc1ccc(OC[C@H](O)CN2C(=O)N[C@@](C)(c3ccc(CCC)cc3)C2=O)c(OC)c1. The van der Waals surface area contributed by atoms with Crippen LogP contribution in [-0.2, 0) is 23.2 Å². The van der Waals surface area contributed by atoms with Crippen LogP contribution in [0.1, 0.15) is 37.0 Å². The number of imide groups is 1. The Bertz CT molecular complexity index is 1000. The van der Waals surface area contributed by atoms with Crippen LogP contribution in [0, 0.1) is 0 Å². The number of benzene rings is 2. The highest BCUT2D eigenvalue weighted by molar-refractivity contribution is 6.07. The Hall–Kier alpha value is -3.32. The van der Waals surface area contributed by atoms with Gasteiger partial charge in [-0.05, 0) is 48.6 Å². The molecule has 176 valence electrons. The number of amides is 3. The Balaban J connectivity index is 1.64. The lowest BCUT2D eigenvalue weighted by Gasteiger charge is -2.23. The quantitative estimate of drug-likeness (QED) is 0.402. The first-order valence-electron chi connectivity index (χ1n) is 11.1. The van der Waals surface area contributed by atoms with Crippen LogP contribution in [-0.4, -0.2) is 48.3 Å². The number of allylic oxidation sites excluding steroid dienone is 1. The third kappa shape index (κ3) is 5.37. The molecule has 2 N–H and O–H groups in total. The summed E-state index contributed by atoms with van der Waals surface area (Å²) in [5.74, 6) is 0.607. The van der Waals surface area contributed by atoms with Gasteiger partial charge in [0.1, 0.15) is 18.2 Å². The van der Waals surface area contributed by atoms with Gasteiger partial charge in [-0.1, -0.05) is 49.8 Å². The Morgan fingerprint density at radius 2 is 1.85 bits per heavy atom. The number of hydrogen-bond acceptors (Lipinski definition) is 5. The molecule has 0 aliphatic carbocycles. The van der Waals surface area contributed by atoms with Gasteiger partial charge in [0.25, 0.3) is 5.91 Å². The van der Waals surface area contributed by atoms with E-state index < -0.39 is 23.6 Å². The summed E-state index contributed by atoms with van der Waals surface area (Å²) in [6.45, 7) is 7.24. The van der Waals surface area contributed by atoms with E-state index in [1.807, 2.05) is 36.4 Å². The van der Waals surface area contributed by atoms with Crippen LogP contribution in [0.5, 0.6) is 11.5 Å². The molecule has 3 rings (SSSR count). The van der Waals surface area contributed by atoms with Gasteiger partial charge in [0.2, 0.25) is 0 Å². The van der Waals surface area contributed by atoms with Crippen molar-refractivity contribution in [1.29, 1.82) is 0 Å². The molecule has 7 heteroatoms. The van der Waals surface area contributed by atoms with E-state index >= 15 is 0 Å². The molecule has 1 aliphatic rings. The van der Waals surface area contributed by atoms with Crippen LogP contribution in [0.25, 0.3) is 0 Å². The minimum Gasteiger partial charge on any atom is -0.493 e. The molecule has 0 saturated carbocycles. The fourth-order valence-corrected chi connectivity index (χ4v) is 3.93. The van der Waals surface area contributed by atoms with Gasteiger partial charge in [-0.3, -0.25) is 9.69 Å². The van der Waals surface area contributed by atoms with Crippen LogP contribution in [0.2, 0.25) is 0 Å². The van der Waals surface area contributed by atoms with Crippen molar-refractivity contribution in [2.75, 3.05) is 20.3 Å². The normalized spacial score (nSPS) is 18.7. The van der Waals surface area contributed by atoms with E-state index in [9.17, 15) is 14.7 Å². The Morgan fingerprint density at radius 1 is 1.15 bits per heavy atom. The largest absolute Gasteiger partial charge is 0.493 e. The number of nitrogens with zero attached hydrogens (tertiary/aromatic N) is 1. The number of aryl methyl sites for hydroxylation is 1. The molecule has 1 aliphatic heterocycles. The van der Waals surface area contributed by atoms with Crippen molar-refractivity contribution in [3.05, 3.63) is 71.8 Å². The van der Waals surface area contributed by atoms with Crippen LogP contribution in [0.3, 0.4) is 0 Å². The van der Waals surface area contributed by atoms with E-state index in [0.717, 1.165) is 23.3 Å². The van der Waals surface area contributed by atoms with Gasteiger partial charge in [0.05, 0.1) is 13.7 Å². The Morgan fingerprint density at radius 3 is 2.48 bits per heavy atom. The standard InChI is InChI=1S/C26H32N2O5/c1-5-7-18-9-12-20(13-10-18)26(3)24(30)28(25(31)27-26)16-21(29)17-33-22-14-11-19(8-6-2)15-23(22)32-4/h6,9-15,21,29H,2,5,7-8,16-17H2,1,3-4H3,(H,27,31)/t21-,26+/m1/s1. The number of β-amino-alcohol motifs (C(OH)–C–C–N with tert-alkyl or cyclic N) is 1. The highest BCUT2D eigenvalue weighted by atomic mass is 16.5. The smallest absolute Gasteiger partial charge is 0.325 e. The molecule has 0 bridgehead atoms. The molecule has 33 heavy (non-hydrogen) atoms. The molecule has 7 nitrogen and oxygen atoms in total. The topological polar surface area (TPSA) is 88.1 Å². The lowest BCUT2D eigenvalue weighted by atomic mass is 9.91. The highest BCUT2D eigenvalue weighted by Crippen LogP contribution is 2.30. The van der Waals surface area contributed by atoms with Gasteiger partial charge in [0, 0.05) is 0 Å². The van der Waals surface area contributed by atoms with E-state index in [-0.39, 0.29) is 13.2 Å². The summed E-state index contributed by atoms with van der Waals surface area (Å²) in [6, 6.07) is 12.6. The van der Waals surface area contributed by atoms with Gasteiger partial charge in [-0.25, -0.2) is 4.79 Å². The fourth-order valence-electron chi connectivity index (χ4n) is 3.93. The van der Waals surface area contributed by atoms with Crippen molar-refractivity contribution >= 4 is 11.9 Å². The predicted molar refractivity (Wildman–Crippen MR) is 126 cm³/mol. The molecule has 0 aromatic heterocycles. The van der Waals surface area contributed by atoms with Crippen LogP contribution in [0.4, 0.5) is 4.79 Å². The second kappa shape index (κ2) is 10.5. The number of ether oxygens (including phenoxy) is 2.